The van der Waals surface area contributed by atoms with Crippen LogP contribution >= 0.6 is 0 Å². The lowest BCUT2D eigenvalue weighted by Crippen LogP contribution is -2.20. The summed E-state index contributed by atoms with van der Waals surface area (Å²) >= 11 is 0. The van der Waals surface area contributed by atoms with Gasteiger partial charge in [-0.3, -0.25) is 4.79 Å². The maximum atomic E-state index is 12.6. The number of nitrogens with zero attached hydrogens (tertiary/aromatic N) is 3. The summed E-state index contributed by atoms with van der Waals surface area (Å²) in [4.78, 5) is 23.4. The van der Waals surface area contributed by atoms with Crippen LogP contribution in [0.4, 0.5) is 17.3 Å². The predicted molar refractivity (Wildman–Crippen MR) is 119 cm³/mol. The maximum Gasteiger partial charge on any atom is 0.258 e. The Labute approximate surface area is 172 Å². The fraction of sp³-hybridized carbons (Fsp3) is 0.292. The van der Waals surface area contributed by atoms with Gasteiger partial charge in [0.2, 0.25) is 5.95 Å². The number of rotatable bonds is 5. The Morgan fingerprint density at radius 1 is 1.03 bits per heavy atom. The van der Waals surface area contributed by atoms with Gasteiger partial charge in [0.25, 0.3) is 5.91 Å². The molecule has 1 aromatic heterocycles. The summed E-state index contributed by atoms with van der Waals surface area (Å²) < 4.78 is 0. The van der Waals surface area contributed by atoms with Crippen LogP contribution in [0.25, 0.3) is 0 Å². The largest absolute Gasteiger partial charge is 0.322 e. The first kappa shape index (κ1) is 20.5. The van der Waals surface area contributed by atoms with E-state index in [4.69, 9.17) is 0 Å². The third-order valence-corrected chi connectivity index (χ3v) is 4.78. The van der Waals surface area contributed by atoms with E-state index < -0.39 is 0 Å². The average Bonchev–Trinajstić information content (AvgIpc) is 2.69. The van der Waals surface area contributed by atoms with Crippen molar-refractivity contribution < 1.29 is 4.79 Å². The molecule has 0 aliphatic heterocycles. The van der Waals surface area contributed by atoms with Crippen molar-refractivity contribution in [1.29, 1.82) is 0 Å². The van der Waals surface area contributed by atoms with Gasteiger partial charge < -0.3 is 10.2 Å². The second-order valence-electron chi connectivity index (χ2n) is 8.14. The van der Waals surface area contributed by atoms with Crippen LogP contribution in [-0.2, 0) is 5.41 Å². The van der Waals surface area contributed by atoms with E-state index in [0.29, 0.717) is 11.5 Å². The third kappa shape index (κ3) is 4.99. The van der Waals surface area contributed by atoms with Gasteiger partial charge in [0, 0.05) is 30.3 Å². The zero-order chi connectivity index (χ0) is 21.0. The molecule has 150 valence electrons. The highest BCUT2D eigenvalue weighted by atomic mass is 16.1. The standard InChI is InChI=1S/C24H28N4O/c1-6-28(21-9-7-8-17(2)14-21)23-25-15-18(16-26-23)22(29)27-20-12-10-19(11-13-20)24(3,4)5/h7-16H,6H2,1-5H3,(H,27,29). The Hall–Kier alpha value is -3.21. The number of anilines is 3. The highest BCUT2D eigenvalue weighted by Gasteiger charge is 2.15. The quantitative estimate of drug-likeness (QED) is 0.628. The van der Waals surface area contributed by atoms with Gasteiger partial charge in [0.05, 0.1) is 5.56 Å². The number of carbonyl (C=O) groups excluding carboxylic acids is 1. The molecule has 0 saturated heterocycles. The van der Waals surface area contributed by atoms with Crippen LogP contribution in [0, 0.1) is 6.92 Å². The summed E-state index contributed by atoms with van der Waals surface area (Å²) in [5, 5.41) is 2.91. The number of hydrogen-bond acceptors (Lipinski definition) is 4. The van der Waals surface area contributed by atoms with E-state index in [2.05, 4.69) is 55.1 Å². The van der Waals surface area contributed by atoms with E-state index in [0.717, 1.165) is 17.9 Å². The molecule has 0 aliphatic rings. The molecule has 3 aromatic rings. The zero-order valence-corrected chi connectivity index (χ0v) is 17.7. The van der Waals surface area contributed by atoms with Crippen LogP contribution in [0.2, 0.25) is 0 Å². The minimum atomic E-state index is -0.223. The molecule has 5 nitrogen and oxygen atoms in total. The lowest BCUT2D eigenvalue weighted by molar-refractivity contribution is 0.102. The molecular weight excluding hydrogens is 360 g/mol. The Morgan fingerprint density at radius 3 is 2.24 bits per heavy atom. The molecule has 0 unspecified atom stereocenters. The summed E-state index contributed by atoms with van der Waals surface area (Å²) in [5.74, 6) is 0.350. The molecule has 29 heavy (non-hydrogen) atoms. The molecule has 0 radical (unpaired) electrons. The Morgan fingerprint density at radius 2 is 1.69 bits per heavy atom. The zero-order valence-electron chi connectivity index (χ0n) is 17.7. The molecule has 0 saturated carbocycles. The van der Waals surface area contributed by atoms with Crippen LogP contribution in [0.15, 0.2) is 60.9 Å². The van der Waals surface area contributed by atoms with Gasteiger partial charge in [-0.05, 0) is 54.7 Å². The van der Waals surface area contributed by atoms with E-state index in [-0.39, 0.29) is 11.3 Å². The number of amides is 1. The van der Waals surface area contributed by atoms with Crippen molar-refractivity contribution in [1.82, 2.24) is 9.97 Å². The van der Waals surface area contributed by atoms with Gasteiger partial charge in [0.15, 0.2) is 0 Å². The lowest BCUT2D eigenvalue weighted by atomic mass is 9.87. The number of hydrogen-bond donors (Lipinski definition) is 1. The van der Waals surface area contributed by atoms with Crippen LogP contribution in [-0.4, -0.2) is 22.4 Å². The number of carbonyl (C=O) groups is 1. The number of benzene rings is 2. The SMILES string of the molecule is CCN(c1cccc(C)c1)c1ncc(C(=O)Nc2ccc(C(C)(C)C)cc2)cn1. The van der Waals surface area contributed by atoms with Crippen molar-refractivity contribution in [2.45, 2.75) is 40.0 Å². The first-order valence-corrected chi connectivity index (χ1v) is 9.86. The first-order valence-electron chi connectivity index (χ1n) is 9.86. The molecular formula is C24H28N4O. The topological polar surface area (TPSA) is 58.1 Å². The van der Waals surface area contributed by atoms with Crippen LogP contribution in [0.1, 0.15) is 49.2 Å². The normalized spacial score (nSPS) is 11.2. The van der Waals surface area contributed by atoms with Crippen molar-refractivity contribution >= 4 is 23.2 Å². The van der Waals surface area contributed by atoms with Gasteiger partial charge in [-0.2, -0.15) is 0 Å². The Bertz CT molecular complexity index is 973. The number of aryl methyl sites for hydroxylation is 1. The van der Waals surface area contributed by atoms with Gasteiger partial charge in [-0.15, -0.1) is 0 Å². The van der Waals surface area contributed by atoms with E-state index >= 15 is 0 Å². The summed E-state index contributed by atoms with van der Waals surface area (Å²) in [5.41, 5.74) is 4.68. The minimum Gasteiger partial charge on any atom is -0.322 e. The Kier molecular flexibility index (Phi) is 5.97. The third-order valence-electron chi connectivity index (χ3n) is 4.78. The fourth-order valence-corrected chi connectivity index (χ4v) is 3.07. The molecule has 0 spiro atoms. The summed E-state index contributed by atoms with van der Waals surface area (Å²) in [6.45, 7) is 11.3. The summed E-state index contributed by atoms with van der Waals surface area (Å²) in [6, 6.07) is 16.1. The van der Waals surface area contributed by atoms with Gasteiger partial charge in [-0.1, -0.05) is 45.0 Å². The maximum absolute atomic E-state index is 12.6. The van der Waals surface area contributed by atoms with Gasteiger partial charge in [-0.25, -0.2) is 9.97 Å². The van der Waals surface area contributed by atoms with E-state index in [1.807, 2.05) is 48.2 Å². The lowest BCUT2D eigenvalue weighted by Gasteiger charge is -2.21. The molecule has 0 fully saturated rings. The molecule has 1 N–H and O–H groups in total. The van der Waals surface area contributed by atoms with Crippen molar-refractivity contribution in [3.05, 3.63) is 77.6 Å². The number of aromatic nitrogens is 2. The molecule has 0 atom stereocenters. The molecule has 2 aromatic carbocycles. The molecule has 1 amide bonds. The Balaban J connectivity index is 1.73. The smallest absolute Gasteiger partial charge is 0.258 e. The van der Waals surface area contributed by atoms with Crippen molar-refractivity contribution in [3.63, 3.8) is 0 Å². The van der Waals surface area contributed by atoms with Crippen LogP contribution in [0.3, 0.4) is 0 Å². The van der Waals surface area contributed by atoms with E-state index in [1.165, 1.54) is 11.1 Å². The minimum absolute atomic E-state index is 0.0780. The monoisotopic (exact) mass is 388 g/mol. The second-order valence-corrected chi connectivity index (χ2v) is 8.14. The molecule has 0 aliphatic carbocycles. The van der Waals surface area contributed by atoms with E-state index in [9.17, 15) is 4.79 Å². The highest BCUT2D eigenvalue weighted by Crippen LogP contribution is 2.24. The molecule has 3 rings (SSSR count). The second kappa shape index (κ2) is 8.43. The highest BCUT2D eigenvalue weighted by molar-refractivity contribution is 6.03. The van der Waals surface area contributed by atoms with Crippen molar-refractivity contribution in [3.8, 4) is 0 Å². The summed E-state index contributed by atoms with van der Waals surface area (Å²) in [7, 11) is 0. The molecule has 5 heteroatoms. The van der Waals surface area contributed by atoms with Crippen molar-refractivity contribution in [2.75, 3.05) is 16.8 Å². The number of nitrogens with one attached hydrogen (secondary N) is 1. The average molecular weight is 389 g/mol. The summed E-state index contributed by atoms with van der Waals surface area (Å²) in [6.07, 6.45) is 3.14. The van der Waals surface area contributed by atoms with Crippen molar-refractivity contribution in [2.24, 2.45) is 0 Å². The fourth-order valence-electron chi connectivity index (χ4n) is 3.07. The first-order chi connectivity index (χ1) is 13.8. The van der Waals surface area contributed by atoms with E-state index in [1.54, 1.807) is 12.4 Å². The predicted octanol–water partition coefficient (Wildman–Crippen LogP) is 5.49. The van der Waals surface area contributed by atoms with Gasteiger partial charge >= 0.3 is 0 Å². The molecule has 1 heterocycles. The van der Waals surface area contributed by atoms with Crippen LogP contribution in [0.5, 0.6) is 0 Å². The van der Waals surface area contributed by atoms with Crippen LogP contribution < -0.4 is 10.2 Å². The molecule has 0 bridgehead atoms. The van der Waals surface area contributed by atoms with Gasteiger partial charge in [0.1, 0.15) is 0 Å².